The number of ether oxygens (including phenoxy) is 2. The second kappa shape index (κ2) is 11.5. The zero-order valence-electron chi connectivity index (χ0n) is 20.1. The van der Waals surface area contributed by atoms with Gasteiger partial charge in [0.15, 0.2) is 0 Å². The SMILES string of the molecule is C=CSC(=NC)SC1=C(O)CC(CCc2ccc(OC(C)C)c(C)c2)(C2CCCC2)OC1=O. The molecule has 1 aliphatic carbocycles. The van der Waals surface area contributed by atoms with Gasteiger partial charge in [-0.1, -0.05) is 55.1 Å². The Kier molecular flexibility index (Phi) is 8.99. The smallest absolute Gasteiger partial charge is 0.349 e. The molecule has 0 bridgehead atoms. The number of benzene rings is 1. The number of rotatable bonds is 8. The summed E-state index contributed by atoms with van der Waals surface area (Å²) < 4.78 is 12.7. The minimum atomic E-state index is -0.669. The Morgan fingerprint density at radius 2 is 2.12 bits per heavy atom. The molecule has 0 amide bonds. The highest BCUT2D eigenvalue weighted by Crippen LogP contribution is 2.47. The molecule has 2 aliphatic rings. The molecule has 1 fully saturated rings. The summed E-state index contributed by atoms with van der Waals surface area (Å²) in [5.41, 5.74) is 1.62. The lowest BCUT2D eigenvalue weighted by molar-refractivity contribution is -0.166. The van der Waals surface area contributed by atoms with Crippen molar-refractivity contribution in [1.29, 1.82) is 0 Å². The second-order valence-electron chi connectivity index (χ2n) is 9.03. The van der Waals surface area contributed by atoms with Gasteiger partial charge in [0.1, 0.15) is 26.4 Å². The molecule has 1 heterocycles. The molecule has 33 heavy (non-hydrogen) atoms. The topological polar surface area (TPSA) is 68.1 Å². The zero-order chi connectivity index (χ0) is 24.0. The highest BCUT2D eigenvalue weighted by molar-refractivity contribution is 8.41. The molecule has 5 nitrogen and oxygen atoms in total. The van der Waals surface area contributed by atoms with Crippen molar-refractivity contribution in [2.75, 3.05) is 7.05 Å². The number of cyclic esters (lactones) is 1. The first-order chi connectivity index (χ1) is 15.8. The van der Waals surface area contributed by atoms with E-state index in [2.05, 4.69) is 30.6 Å². The first kappa shape index (κ1) is 25.8. The molecule has 0 radical (unpaired) electrons. The summed E-state index contributed by atoms with van der Waals surface area (Å²) in [6.45, 7) is 9.80. The number of aliphatic imine (C=N–C) groups is 1. The number of aliphatic hydroxyl groups excluding tert-OH is 1. The lowest BCUT2D eigenvalue weighted by Crippen LogP contribution is -2.45. The summed E-state index contributed by atoms with van der Waals surface area (Å²) in [6, 6.07) is 6.26. The average Bonchev–Trinajstić information content (AvgIpc) is 3.31. The van der Waals surface area contributed by atoms with Crippen molar-refractivity contribution >= 4 is 33.9 Å². The van der Waals surface area contributed by atoms with E-state index in [0.29, 0.717) is 17.2 Å². The quantitative estimate of drug-likeness (QED) is 0.242. The van der Waals surface area contributed by atoms with Gasteiger partial charge in [0, 0.05) is 13.5 Å². The lowest BCUT2D eigenvalue weighted by atomic mass is 9.77. The Balaban J connectivity index is 1.81. The highest BCUT2D eigenvalue weighted by Gasteiger charge is 2.48. The molecular formula is C26H35NO4S2. The predicted molar refractivity (Wildman–Crippen MR) is 139 cm³/mol. The Hall–Kier alpha value is -1.86. The number of hydrogen-bond donors (Lipinski definition) is 1. The van der Waals surface area contributed by atoms with Crippen LogP contribution in [-0.4, -0.2) is 34.2 Å². The van der Waals surface area contributed by atoms with Crippen molar-refractivity contribution in [3.05, 3.63) is 52.0 Å². The zero-order valence-corrected chi connectivity index (χ0v) is 21.7. The van der Waals surface area contributed by atoms with Gasteiger partial charge in [-0.05, 0) is 75.0 Å². The third-order valence-corrected chi connectivity index (χ3v) is 8.36. The van der Waals surface area contributed by atoms with E-state index in [-0.39, 0.29) is 22.7 Å². The van der Waals surface area contributed by atoms with Crippen LogP contribution in [0.5, 0.6) is 5.75 Å². The molecule has 1 aromatic rings. The van der Waals surface area contributed by atoms with Gasteiger partial charge in [0.05, 0.1) is 6.10 Å². The Labute approximate surface area is 206 Å². The van der Waals surface area contributed by atoms with Crippen LogP contribution in [0.15, 0.2) is 45.8 Å². The third kappa shape index (κ3) is 6.38. The summed E-state index contributed by atoms with van der Waals surface area (Å²) in [6.07, 6.45) is 6.27. The van der Waals surface area contributed by atoms with Crippen LogP contribution in [0, 0.1) is 12.8 Å². The van der Waals surface area contributed by atoms with E-state index < -0.39 is 11.6 Å². The fourth-order valence-corrected chi connectivity index (χ4v) is 6.24. The normalized spacial score (nSPS) is 22.1. The number of aryl methyl sites for hydroxylation is 2. The van der Waals surface area contributed by atoms with Crippen LogP contribution in [0.1, 0.15) is 63.5 Å². The van der Waals surface area contributed by atoms with Crippen LogP contribution >= 0.6 is 23.5 Å². The lowest BCUT2D eigenvalue weighted by Gasteiger charge is -2.41. The minimum Gasteiger partial charge on any atom is -0.511 e. The van der Waals surface area contributed by atoms with Crippen molar-refractivity contribution < 1.29 is 19.4 Å². The predicted octanol–water partition coefficient (Wildman–Crippen LogP) is 6.96. The largest absolute Gasteiger partial charge is 0.511 e. The van der Waals surface area contributed by atoms with E-state index in [1.807, 2.05) is 19.9 Å². The Bertz CT molecular complexity index is 934. The highest BCUT2D eigenvalue weighted by atomic mass is 32.2. The van der Waals surface area contributed by atoms with Crippen LogP contribution in [0.2, 0.25) is 0 Å². The number of thioether (sulfide) groups is 2. The first-order valence-electron chi connectivity index (χ1n) is 11.6. The van der Waals surface area contributed by atoms with Crippen molar-refractivity contribution in [2.24, 2.45) is 10.9 Å². The number of hydrogen-bond acceptors (Lipinski definition) is 7. The van der Waals surface area contributed by atoms with Gasteiger partial charge in [0.25, 0.3) is 0 Å². The number of carbonyl (C=O) groups is 1. The maximum Gasteiger partial charge on any atom is 0.349 e. The Morgan fingerprint density at radius 1 is 1.39 bits per heavy atom. The van der Waals surface area contributed by atoms with Crippen molar-refractivity contribution in [1.82, 2.24) is 0 Å². The molecule has 0 saturated heterocycles. The molecule has 0 spiro atoms. The van der Waals surface area contributed by atoms with E-state index in [4.69, 9.17) is 9.47 Å². The van der Waals surface area contributed by atoms with Gasteiger partial charge in [-0.2, -0.15) is 0 Å². The van der Waals surface area contributed by atoms with Crippen molar-refractivity contribution in [2.45, 2.75) is 77.4 Å². The average molecular weight is 490 g/mol. The summed E-state index contributed by atoms with van der Waals surface area (Å²) in [7, 11) is 1.66. The van der Waals surface area contributed by atoms with Crippen LogP contribution in [0.25, 0.3) is 0 Å². The molecule has 1 N–H and O–H groups in total. The standard InChI is InChI=1S/C26H35NO4S2/c1-6-32-25(27-5)33-23-21(28)16-26(31-24(23)29,20-9-7-8-10-20)14-13-19-11-12-22(18(4)15-19)30-17(2)3/h6,11-12,15,17,20,28H,1,7-10,13-14,16H2,2-5H3. The van der Waals surface area contributed by atoms with Gasteiger partial charge in [0.2, 0.25) is 0 Å². The molecule has 1 atom stereocenters. The second-order valence-corrected chi connectivity index (χ2v) is 11.2. The summed E-state index contributed by atoms with van der Waals surface area (Å²) in [5, 5.41) is 12.6. The molecule has 3 rings (SSSR count). The van der Waals surface area contributed by atoms with E-state index in [1.54, 1.807) is 12.5 Å². The molecule has 1 aromatic carbocycles. The number of esters is 1. The molecule has 1 unspecified atom stereocenters. The van der Waals surface area contributed by atoms with E-state index >= 15 is 0 Å². The molecule has 1 saturated carbocycles. The first-order valence-corrected chi connectivity index (χ1v) is 13.3. The molecule has 7 heteroatoms. The molecular weight excluding hydrogens is 454 g/mol. The van der Waals surface area contributed by atoms with Crippen LogP contribution in [-0.2, 0) is 16.0 Å². The number of nitrogens with zero attached hydrogens (tertiary/aromatic N) is 1. The van der Waals surface area contributed by atoms with Gasteiger partial charge in [-0.25, -0.2) is 4.79 Å². The number of carbonyl (C=O) groups excluding carboxylic acids is 1. The van der Waals surface area contributed by atoms with Gasteiger partial charge in [-0.3, -0.25) is 4.99 Å². The van der Waals surface area contributed by atoms with Crippen LogP contribution < -0.4 is 4.74 Å². The molecule has 1 aliphatic heterocycles. The van der Waals surface area contributed by atoms with Gasteiger partial charge < -0.3 is 14.6 Å². The van der Waals surface area contributed by atoms with Crippen molar-refractivity contribution in [3.8, 4) is 5.75 Å². The maximum atomic E-state index is 13.1. The fraction of sp³-hybridized carbons (Fsp3) is 0.538. The van der Waals surface area contributed by atoms with Crippen molar-refractivity contribution in [3.63, 3.8) is 0 Å². The minimum absolute atomic E-state index is 0.117. The Morgan fingerprint density at radius 3 is 2.70 bits per heavy atom. The third-order valence-electron chi connectivity index (χ3n) is 6.30. The van der Waals surface area contributed by atoms with Gasteiger partial charge >= 0.3 is 5.97 Å². The van der Waals surface area contributed by atoms with Crippen LogP contribution in [0.4, 0.5) is 0 Å². The van der Waals surface area contributed by atoms with E-state index in [0.717, 1.165) is 55.2 Å². The summed E-state index contributed by atoms with van der Waals surface area (Å²) in [4.78, 5) is 17.5. The molecule has 180 valence electrons. The van der Waals surface area contributed by atoms with E-state index in [1.165, 1.54) is 17.3 Å². The summed E-state index contributed by atoms with van der Waals surface area (Å²) >= 11 is 2.48. The number of aliphatic hydroxyl groups is 1. The van der Waals surface area contributed by atoms with Crippen LogP contribution in [0.3, 0.4) is 0 Å². The monoisotopic (exact) mass is 489 g/mol. The maximum absolute atomic E-state index is 13.1. The fourth-order valence-electron chi connectivity index (χ4n) is 4.76. The van der Waals surface area contributed by atoms with E-state index in [9.17, 15) is 9.90 Å². The van der Waals surface area contributed by atoms with Gasteiger partial charge in [-0.15, -0.1) is 0 Å². The summed E-state index contributed by atoms with van der Waals surface area (Å²) in [5.74, 6) is 0.835. The molecule has 0 aromatic heterocycles.